The van der Waals surface area contributed by atoms with E-state index in [1.807, 2.05) is 43.3 Å². The summed E-state index contributed by atoms with van der Waals surface area (Å²) in [5.74, 6) is 0.466. The second kappa shape index (κ2) is 9.45. The van der Waals surface area contributed by atoms with E-state index in [0.717, 1.165) is 30.4 Å². The number of rotatable bonds is 6. The summed E-state index contributed by atoms with van der Waals surface area (Å²) in [6.07, 6.45) is 2.41. The van der Waals surface area contributed by atoms with Crippen LogP contribution in [-0.4, -0.2) is 23.4 Å². The van der Waals surface area contributed by atoms with Gasteiger partial charge in [0.15, 0.2) is 0 Å². The van der Waals surface area contributed by atoms with Crippen LogP contribution >= 0.6 is 56.8 Å². The van der Waals surface area contributed by atoms with Crippen molar-refractivity contribution in [3.05, 3.63) is 65.4 Å². The van der Waals surface area contributed by atoms with E-state index in [1.54, 1.807) is 6.08 Å². The molecule has 3 amide bonds. The number of halogens is 3. The van der Waals surface area contributed by atoms with Crippen LogP contribution in [0.15, 0.2) is 42.1 Å². The van der Waals surface area contributed by atoms with Gasteiger partial charge in [0.25, 0.3) is 5.91 Å². The first-order valence-electron chi connectivity index (χ1n) is 8.60. The minimum atomic E-state index is -0.373. The molecule has 0 radical (unpaired) electrons. The predicted octanol–water partition coefficient (Wildman–Crippen LogP) is 5.43. The van der Waals surface area contributed by atoms with Crippen LogP contribution in [0.2, 0.25) is 5.02 Å². The Hall–Kier alpha value is -1.33. The number of ether oxygens (including phenoxy) is 1. The van der Waals surface area contributed by atoms with E-state index < -0.39 is 0 Å². The molecule has 1 fully saturated rings. The Kier molecular flexibility index (Phi) is 7.21. The number of carbonyl (C=O) groups is 2. The average Bonchev–Trinajstić information content (AvgIpc) is 2.90. The highest BCUT2D eigenvalue weighted by molar-refractivity contribution is 14.1. The molecule has 0 spiro atoms. The molecule has 146 valence electrons. The Morgan fingerprint density at radius 2 is 1.86 bits per heavy atom. The van der Waals surface area contributed by atoms with Crippen LogP contribution in [-0.2, 0) is 11.4 Å². The predicted molar refractivity (Wildman–Crippen MR) is 126 cm³/mol. The Labute approximate surface area is 195 Å². The van der Waals surface area contributed by atoms with Crippen molar-refractivity contribution < 1.29 is 14.3 Å². The summed E-state index contributed by atoms with van der Waals surface area (Å²) in [6.45, 7) is 2.70. The number of benzene rings is 2. The van der Waals surface area contributed by atoms with E-state index >= 15 is 0 Å². The molecule has 28 heavy (non-hydrogen) atoms. The zero-order valence-electron chi connectivity index (χ0n) is 15.0. The van der Waals surface area contributed by atoms with Crippen molar-refractivity contribution in [2.75, 3.05) is 6.54 Å². The summed E-state index contributed by atoms with van der Waals surface area (Å²) in [5, 5.41) is 3.31. The van der Waals surface area contributed by atoms with Gasteiger partial charge in [-0.3, -0.25) is 9.69 Å². The van der Waals surface area contributed by atoms with E-state index in [2.05, 4.69) is 50.5 Å². The van der Waals surface area contributed by atoms with E-state index in [9.17, 15) is 9.59 Å². The molecule has 8 heteroatoms. The molecule has 1 aliphatic heterocycles. The molecule has 2 aromatic rings. The third kappa shape index (κ3) is 4.80. The van der Waals surface area contributed by atoms with Gasteiger partial charge in [0.05, 0.1) is 7.14 Å². The maximum atomic E-state index is 12.4. The van der Waals surface area contributed by atoms with Crippen molar-refractivity contribution in [2.24, 2.45) is 0 Å². The summed E-state index contributed by atoms with van der Waals surface area (Å²) in [7, 11) is 0. The molecular weight excluding hydrogens is 605 g/mol. The topological polar surface area (TPSA) is 58.6 Å². The Morgan fingerprint density at radius 1 is 1.18 bits per heavy atom. The maximum absolute atomic E-state index is 12.4. The molecule has 5 nitrogen and oxygen atoms in total. The van der Waals surface area contributed by atoms with Crippen molar-refractivity contribution >= 4 is 74.8 Å². The lowest BCUT2D eigenvalue weighted by Crippen LogP contribution is -2.31. The molecule has 0 unspecified atom stereocenters. The lowest BCUT2D eigenvalue weighted by atomic mass is 10.2. The molecule has 0 aliphatic carbocycles. The van der Waals surface area contributed by atoms with Crippen LogP contribution in [0.5, 0.6) is 5.75 Å². The first-order valence-corrected chi connectivity index (χ1v) is 11.1. The standard InChI is InChI=1S/C20H17ClI2N2O3/c1-2-7-25-19(26)17(24-20(25)27)10-12-8-15(22)18(16(23)9-12)28-11-13-5-3-4-6-14(13)21/h3-6,8-10H,2,7,11H2,1H3,(H,24,27)/b17-10+. The third-order valence-corrected chi connectivity index (χ3v) is 6.04. The second-order valence-corrected chi connectivity index (χ2v) is 8.87. The van der Waals surface area contributed by atoms with E-state index in [1.165, 1.54) is 4.90 Å². The molecule has 0 bridgehead atoms. The van der Waals surface area contributed by atoms with Gasteiger partial charge in [-0.1, -0.05) is 36.7 Å². The fourth-order valence-corrected chi connectivity index (χ4v) is 5.05. The van der Waals surface area contributed by atoms with Gasteiger partial charge < -0.3 is 10.1 Å². The average molecular weight is 623 g/mol. The largest absolute Gasteiger partial charge is 0.487 e. The monoisotopic (exact) mass is 622 g/mol. The van der Waals surface area contributed by atoms with Crippen molar-refractivity contribution in [3.8, 4) is 5.75 Å². The molecule has 2 aromatic carbocycles. The van der Waals surface area contributed by atoms with E-state index in [-0.39, 0.29) is 17.6 Å². The lowest BCUT2D eigenvalue weighted by molar-refractivity contribution is -0.122. The molecule has 0 atom stereocenters. The Morgan fingerprint density at radius 3 is 2.50 bits per heavy atom. The fourth-order valence-electron chi connectivity index (χ4n) is 2.73. The van der Waals surface area contributed by atoms with Crippen molar-refractivity contribution in [1.82, 2.24) is 10.2 Å². The minimum absolute atomic E-state index is 0.287. The number of hydrogen-bond donors (Lipinski definition) is 1. The number of amides is 3. The first-order chi connectivity index (χ1) is 13.4. The zero-order chi connectivity index (χ0) is 20.3. The highest BCUT2D eigenvalue weighted by Gasteiger charge is 2.32. The maximum Gasteiger partial charge on any atom is 0.329 e. The smallest absolute Gasteiger partial charge is 0.329 e. The van der Waals surface area contributed by atoms with Gasteiger partial charge >= 0.3 is 6.03 Å². The molecular formula is C20H17ClI2N2O3. The summed E-state index contributed by atoms with van der Waals surface area (Å²) >= 11 is 10.6. The second-order valence-electron chi connectivity index (χ2n) is 6.14. The van der Waals surface area contributed by atoms with Crippen LogP contribution < -0.4 is 10.1 Å². The molecule has 1 aliphatic rings. The SMILES string of the molecule is CCCN1C(=O)N/C(=C/c2cc(I)c(OCc3ccccc3Cl)c(I)c2)C1=O. The number of nitrogens with zero attached hydrogens (tertiary/aromatic N) is 1. The molecule has 0 saturated carbocycles. The van der Waals surface area contributed by atoms with Crippen LogP contribution in [0.1, 0.15) is 24.5 Å². The summed E-state index contributed by atoms with van der Waals surface area (Å²) in [6, 6.07) is 11.0. The summed E-state index contributed by atoms with van der Waals surface area (Å²) < 4.78 is 7.80. The van der Waals surface area contributed by atoms with Crippen molar-refractivity contribution in [2.45, 2.75) is 20.0 Å². The Balaban J connectivity index is 1.79. The summed E-state index contributed by atoms with van der Waals surface area (Å²) in [5.41, 5.74) is 2.02. The minimum Gasteiger partial charge on any atom is -0.487 e. The first kappa shape index (κ1) is 21.4. The number of urea groups is 1. The van der Waals surface area contributed by atoms with Gasteiger partial charge in [0.2, 0.25) is 0 Å². The Bertz CT molecular complexity index is 939. The van der Waals surface area contributed by atoms with Gasteiger partial charge in [-0.25, -0.2) is 4.79 Å². The lowest BCUT2D eigenvalue weighted by Gasteiger charge is -2.12. The number of hydrogen-bond acceptors (Lipinski definition) is 3. The normalized spacial score (nSPS) is 15.3. The zero-order valence-corrected chi connectivity index (χ0v) is 20.0. The molecule has 0 aromatic heterocycles. The van der Waals surface area contributed by atoms with Crippen LogP contribution in [0.3, 0.4) is 0 Å². The number of imide groups is 1. The van der Waals surface area contributed by atoms with Crippen LogP contribution in [0, 0.1) is 7.14 Å². The fraction of sp³-hybridized carbons (Fsp3) is 0.200. The van der Waals surface area contributed by atoms with Gasteiger partial charge in [-0.15, -0.1) is 0 Å². The van der Waals surface area contributed by atoms with E-state index in [4.69, 9.17) is 16.3 Å². The third-order valence-electron chi connectivity index (χ3n) is 4.07. The van der Waals surface area contributed by atoms with Crippen molar-refractivity contribution in [1.29, 1.82) is 0 Å². The quantitative estimate of drug-likeness (QED) is 0.266. The number of carbonyl (C=O) groups excluding carboxylic acids is 2. The van der Waals surface area contributed by atoms with Gasteiger partial charge in [0.1, 0.15) is 18.1 Å². The molecule has 3 rings (SSSR count). The van der Waals surface area contributed by atoms with Crippen molar-refractivity contribution in [3.63, 3.8) is 0 Å². The van der Waals surface area contributed by atoms with Gasteiger partial charge in [0, 0.05) is 17.1 Å². The molecule has 1 N–H and O–H groups in total. The highest BCUT2D eigenvalue weighted by Crippen LogP contribution is 2.31. The molecule has 1 saturated heterocycles. The van der Waals surface area contributed by atoms with Crippen LogP contribution in [0.4, 0.5) is 4.79 Å². The number of nitrogens with one attached hydrogen (secondary N) is 1. The van der Waals surface area contributed by atoms with Crippen LogP contribution in [0.25, 0.3) is 6.08 Å². The summed E-state index contributed by atoms with van der Waals surface area (Å²) in [4.78, 5) is 25.5. The highest BCUT2D eigenvalue weighted by atomic mass is 127. The van der Waals surface area contributed by atoms with E-state index in [0.29, 0.717) is 18.2 Å². The van der Waals surface area contributed by atoms with Gasteiger partial charge in [-0.05, 0) is 81.4 Å². The molecule has 1 heterocycles. The van der Waals surface area contributed by atoms with Gasteiger partial charge in [-0.2, -0.15) is 0 Å².